The fourth-order valence-corrected chi connectivity index (χ4v) is 3.40. The van der Waals surface area contributed by atoms with Crippen molar-refractivity contribution in [2.45, 2.75) is 20.8 Å². The van der Waals surface area contributed by atoms with E-state index in [1.807, 2.05) is 63.2 Å². The van der Waals surface area contributed by atoms with Gasteiger partial charge in [-0.15, -0.1) is 5.10 Å². The van der Waals surface area contributed by atoms with Crippen LogP contribution in [0.5, 0.6) is 0 Å². The van der Waals surface area contributed by atoms with Gasteiger partial charge in [0, 0.05) is 17.3 Å². The zero-order valence-corrected chi connectivity index (χ0v) is 17.0. The van der Waals surface area contributed by atoms with E-state index in [1.54, 1.807) is 24.5 Å². The van der Waals surface area contributed by atoms with Gasteiger partial charge in [0.15, 0.2) is 5.82 Å². The number of hydrogen-bond donors (Lipinski definition) is 1. The van der Waals surface area contributed by atoms with Crippen molar-refractivity contribution in [3.63, 3.8) is 0 Å². The highest BCUT2D eigenvalue weighted by atomic mass is 16.3. The van der Waals surface area contributed by atoms with Gasteiger partial charge < -0.3 is 9.73 Å². The maximum atomic E-state index is 13.4. The molecule has 0 unspecified atom stereocenters. The van der Waals surface area contributed by atoms with Crippen LogP contribution >= 0.6 is 0 Å². The lowest BCUT2D eigenvalue weighted by molar-refractivity contribution is -0.111. The summed E-state index contributed by atoms with van der Waals surface area (Å²) in [7, 11) is 0. The first-order valence-corrected chi connectivity index (χ1v) is 9.51. The lowest BCUT2D eigenvalue weighted by Gasteiger charge is -2.15. The number of furan rings is 1. The van der Waals surface area contributed by atoms with E-state index in [2.05, 4.69) is 20.8 Å². The van der Waals surface area contributed by atoms with Gasteiger partial charge in [0.25, 0.3) is 5.91 Å². The van der Waals surface area contributed by atoms with E-state index in [1.165, 1.54) is 4.68 Å². The minimum atomic E-state index is -0.342. The molecule has 4 rings (SSSR count). The quantitative estimate of drug-likeness (QED) is 0.500. The Kier molecular flexibility index (Phi) is 5.26. The summed E-state index contributed by atoms with van der Waals surface area (Å²) < 4.78 is 6.86. The molecule has 0 bridgehead atoms. The van der Waals surface area contributed by atoms with Crippen molar-refractivity contribution < 1.29 is 9.21 Å². The molecular weight excluding hydrogens is 378 g/mol. The number of rotatable bonds is 5. The fourth-order valence-electron chi connectivity index (χ4n) is 3.40. The van der Waals surface area contributed by atoms with Crippen molar-refractivity contribution in [1.29, 1.82) is 0 Å². The largest absolute Gasteiger partial charge is 0.465 e. The molecule has 7 heteroatoms. The Bertz CT molecular complexity index is 1180. The third-order valence-corrected chi connectivity index (χ3v) is 4.70. The molecule has 30 heavy (non-hydrogen) atoms. The van der Waals surface area contributed by atoms with Crippen molar-refractivity contribution in [1.82, 2.24) is 20.2 Å². The summed E-state index contributed by atoms with van der Waals surface area (Å²) in [4.78, 5) is 13.4. The van der Waals surface area contributed by atoms with E-state index >= 15 is 0 Å². The van der Waals surface area contributed by atoms with Crippen molar-refractivity contribution >= 4 is 23.4 Å². The Morgan fingerprint density at radius 3 is 2.43 bits per heavy atom. The Morgan fingerprint density at radius 2 is 1.77 bits per heavy atom. The molecule has 0 aliphatic carbocycles. The van der Waals surface area contributed by atoms with Crippen molar-refractivity contribution in [2.24, 2.45) is 0 Å². The standard InChI is InChI=1S/C23H21N5O2/c1-15-12-16(2)21(17(3)13-15)24-23(29)20(14-19-10-7-11-30-19)28-22(25-26-27-28)18-8-5-4-6-9-18/h4-14H,1-3H3,(H,24,29)/b20-14+. The van der Waals surface area contributed by atoms with Gasteiger partial charge in [0.2, 0.25) is 0 Å². The molecule has 2 aromatic carbocycles. The second-order valence-electron chi connectivity index (χ2n) is 7.05. The van der Waals surface area contributed by atoms with Crippen LogP contribution in [0.25, 0.3) is 23.2 Å². The van der Waals surface area contributed by atoms with Crippen LogP contribution in [-0.4, -0.2) is 26.1 Å². The second-order valence-corrected chi connectivity index (χ2v) is 7.05. The van der Waals surface area contributed by atoms with E-state index in [0.717, 1.165) is 27.9 Å². The van der Waals surface area contributed by atoms with Crippen molar-refractivity contribution in [2.75, 3.05) is 5.32 Å². The molecule has 0 atom stereocenters. The first-order chi connectivity index (χ1) is 14.5. The minimum absolute atomic E-state index is 0.244. The predicted octanol–water partition coefficient (Wildman–Crippen LogP) is 4.50. The number of anilines is 1. The van der Waals surface area contributed by atoms with Gasteiger partial charge in [-0.1, -0.05) is 48.0 Å². The normalized spacial score (nSPS) is 11.5. The van der Waals surface area contributed by atoms with E-state index in [4.69, 9.17) is 4.42 Å². The van der Waals surface area contributed by atoms with E-state index < -0.39 is 0 Å². The second kappa shape index (κ2) is 8.16. The van der Waals surface area contributed by atoms with Gasteiger partial charge in [-0.25, -0.2) is 0 Å². The molecule has 1 amide bonds. The Balaban J connectivity index is 1.78. The third kappa shape index (κ3) is 3.91. The van der Waals surface area contributed by atoms with Gasteiger partial charge in [0.05, 0.1) is 6.26 Å². The highest BCUT2D eigenvalue weighted by Crippen LogP contribution is 2.25. The van der Waals surface area contributed by atoms with Crippen LogP contribution in [0.2, 0.25) is 0 Å². The molecule has 0 spiro atoms. The lowest BCUT2D eigenvalue weighted by atomic mass is 10.0. The van der Waals surface area contributed by atoms with Crippen molar-refractivity contribution in [3.8, 4) is 11.4 Å². The smallest absolute Gasteiger partial charge is 0.274 e. The van der Waals surface area contributed by atoms with E-state index in [-0.39, 0.29) is 11.6 Å². The van der Waals surface area contributed by atoms with Gasteiger partial charge in [-0.3, -0.25) is 4.79 Å². The summed E-state index contributed by atoms with van der Waals surface area (Å²) in [6.45, 7) is 5.97. The molecule has 1 N–H and O–H groups in total. The summed E-state index contributed by atoms with van der Waals surface area (Å²) in [6, 6.07) is 17.1. The zero-order valence-electron chi connectivity index (χ0n) is 17.0. The van der Waals surface area contributed by atoms with E-state index in [0.29, 0.717) is 11.6 Å². The van der Waals surface area contributed by atoms with Crippen LogP contribution in [0.15, 0.2) is 65.3 Å². The number of hydrogen-bond acceptors (Lipinski definition) is 5. The Morgan fingerprint density at radius 1 is 1.03 bits per heavy atom. The van der Waals surface area contributed by atoms with Crippen LogP contribution in [0.3, 0.4) is 0 Å². The maximum Gasteiger partial charge on any atom is 0.274 e. The van der Waals surface area contributed by atoms with Gasteiger partial charge in [0.1, 0.15) is 11.5 Å². The number of aromatic nitrogens is 4. The highest BCUT2D eigenvalue weighted by molar-refractivity contribution is 6.24. The molecule has 2 aromatic heterocycles. The zero-order chi connectivity index (χ0) is 21.1. The van der Waals surface area contributed by atoms with Crippen LogP contribution in [0.4, 0.5) is 5.69 Å². The highest BCUT2D eigenvalue weighted by Gasteiger charge is 2.21. The number of aryl methyl sites for hydroxylation is 3. The molecular formula is C23H21N5O2. The molecule has 0 fully saturated rings. The first-order valence-electron chi connectivity index (χ1n) is 9.51. The molecule has 7 nitrogen and oxygen atoms in total. The van der Waals surface area contributed by atoms with Gasteiger partial charge in [-0.2, -0.15) is 4.68 Å². The maximum absolute atomic E-state index is 13.4. The number of nitrogens with zero attached hydrogens (tertiary/aromatic N) is 4. The predicted molar refractivity (Wildman–Crippen MR) is 115 cm³/mol. The molecule has 0 saturated carbocycles. The van der Waals surface area contributed by atoms with Gasteiger partial charge >= 0.3 is 0 Å². The van der Waals surface area contributed by atoms with Crippen molar-refractivity contribution in [3.05, 3.63) is 83.3 Å². The van der Waals surface area contributed by atoms with Crippen LogP contribution in [0, 0.1) is 20.8 Å². The third-order valence-electron chi connectivity index (χ3n) is 4.70. The molecule has 0 aliphatic rings. The molecule has 0 aliphatic heterocycles. The Hall–Kier alpha value is -4.00. The number of tetrazole rings is 1. The summed E-state index contributed by atoms with van der Waals surface area (Å²) in [5, 5.41) is 15.0. The summed E-state index contributed by atoms with van der Waals surface area (Å²) in [5.41, 5.74) is 4.92. The molecule has 150 valence electrons. The van der Waals surface area contributed by atoms with E-state index in [9.17, 15) is 4.79 Å². The van der Waals surface area contributed by atoms with Gasteiger partial charge in [-0.05, 0) is 54.5 Å². The topological polar surface area (TPSA) is 85.8 Å². The average molecular weight is 399 g/mol. The molecule has 2 heterocycles. The molecule has 0 radical (unpaired) electrons. The number of benzene rings is 2. The lowest BCUT2D eigenvalue weighted by Crippen LogP contribution is -2.20. The Labute approximate surface area is 174 Å². The number of amides is 1. The average Bonchev–Trinajstić information content (AvgIpc) is 3.41. The summed E-state index contributed by atoms with van der Waals surface area (Å²) in [5.74, 6) is 0.638. The molecule has 4 aromatic rings. The number of carbonyl (C=O) groups excluding carboxylic acids is 1. The minimum Gasteiger partial charge on any atom is -0.465 e. The molecule has 0 saturated heterocycles. The summed E-state index contributed by atoms with van der Waals surface area (Å²) >= 11 is 0. The monoisotopic (exact) mass is 399 g/mol. The summed E-state index contributed by atoms with van der Waals surface area (Å²) in [6.07, 6.45) is 3.17. The first kappa shape index (κ1) is 19.3. The van der Waals surface area contributed by atoms with Crippen LogP contribution in [0.1, 0.15) is 22.5 Å². The van der Waals surface area contributed by atoms with Crippen LogP contribution < -0.4 is 5.32 Å². The SMILES string of the molecule is Cc1cc(C)c(NC(=O)/C(=C\c2ccco2)n2nnnc2-c2ccccc2)c(C)c1. The van der Waals surface area contributed by atoms with Crippen LogP contribution in [-0.2, 0) is 4.79 Å². The fraction of sp³-hybridized carbons (Fsp3) is 0.130. The number of nitrogens with one attached hydrogen (secondary N) is 1. The number of carbonyl (C=O) groups is 1.